The van der Waals surface area contributed by atoms with Gasteiger partial charge in [-0.3, -0.25) is 19.3 Å². The standard InChI is InChI=1S/C46H58ClN7O5/c1-27-32(9-6-11-34(27)50-43(56)42-49-37-26-54(25-22-39(37)53(42)4)30-15-17-31(55)18-16-30)33-10-7-13-36(40(33)47)51-44(57)41-48-35-12-5-8-28(14-19-38(35)52(41)3)29-20-23-46(2,24-21-29)45(58)59/h6-7,9-11,13,28-31,55H,5,8,12,14-26H2,1-4H3,(H,50,56)(H,51,57)(H,58,59). The van der Waals surface area contributed by atoms with Gasteiger partial charge >= 0.3 is 5.97 Å². The zero-order valence-electron chi connectivity index (χ0n) is 34.8. The number of anilines is 2. The molecular weight excluding hydrogens is 766 g/mol. The number of rotatable bonds is 8. The zero-order chi connectivity index (χ0) is 41.6. The normalized spacial score (nSPS) is 25.0. The average molecular weight is 824 g/mol. The molecule has 4 aromatic rings. The first-order valence-corrected chi connectivity index (χ1v) is 21.9. The minimum atomic E-state index is -0.679. The summed E-state index contributed by atoms with van der Waals surface area (Å²) in [5, 5.41) is 26.2. The monoisotopic (exact) mass is 823 g/mol. The highest BCUT2D eigenvalue weighted by molar-refractivity contribution is 6.36. The number of aryl methyl sites for hydroxylation is 1. The van der Waals surface area contributed by atoms with Crippen LogP contribution in [-0.2, 0) is 44.7 Å². The number of fused-ring (bicyclic) bond motifs is 2. The molecule has 12 nitrogen and oxygen atoms in total. The first-order chi connectivity index (χ1) is 28.3. The highest BCUT2D eigenvalue weighted by atomic mass is 35.5. The number of hydrogen-bond acceptors (Lipinski definition) is 7. The van der Waals surface area contributed by atoms with E-state index in [-0.39, 0.29) is 17.9 Å². The van der Waals surface area contributed by atoms with Crippen molar-refractivity contribution in [2.24, 2.45) is 31.3 Å². The second kappa shape index (κ2) is 16.9. The molecule has 2 aromatic heterocycles. The summed E-state index contributed by atoms with van der Waals surface area (Å²) in [4.78, 5) is 51.6. The number of nitrogens with one attached hydrogen (secondary N) is 2. The Bertz CT molecular complexity index is 2250. The van der Waals surface area contributed by atoms with Gasteiger partial charge in [-0.05, 0) is 132 Å². The highest BCUT2D eigenvalue weighted by Crippen LogP contribution is 2.44. The number of amides is 2. The van der Waals surface area contributed by atoms with Gasteiger partial charge in [0.25, 0.3) is 11.8 Å². The molecule has 0 bridgehead atoms. The van der Waals surface area contributed by atoms with E-state index in [9.17, 15) is 24.6 Å². The molecule has 314 valence electrons. The van der Waals surface area contributed by atoms with Gasteiger partial charge in [0.1, 0.15) is 0 Å². The molecule has 2 fully saturated rings. The van der Waals surface area contributed by atoms with E-state index in [0.717, 1.165) is 136 Å². The Labute approximate surface area is 351 Å². The number of nitrogens with zero attached hydrogens (tertiary/aromatic N) is 5. The van der Waals surface area contributed by atoms with Crippen molar-refractivity contribution in [3.63, 3.8) is 0 Å². The van der Waals surface area contributed by atoms with Gasteiger partial charge in [0, 0.05) is 62.3 Å². The summed E-state index contributed by atoms with van der Waals surface area (Å²) in [5.41, 5.74) is 7.01. The Balaban J connectivity index is 0.939. The summed E-state index contributed by atoms with van der Waals surface area (Å²) >= 11 is 7.07. The van der Waals surface area contributed by atoms with Crippen molar-refractivity contribution >= 4 is 40.8 Å². The topological polar surface area (TPSA) is 155 Å². The van der Waals surface area contributed by atoms with E-state index < -0.39 is 11.4 Å². The van der Waals surface area contributed by atoms with Crippen LogP contribution in [0.3, 0.4) is 0 Å². The summed E-state index contributed by atoms with van der Waals surface area (Å²) in [6.45, 7) is 5.46. The molecule has 2 aromatic carbocycles. The third-order valence-electron chi connectivity index (χ3n) is 14.3. The third kappa shape index (κ3) is 8.20. The fraction of sp³-hybridized carbons (Fsp3) is 0.543. The lowest BCUT2D eigenvalue weighted by atomic mass is 9.66. The second-order valence-electron chi connectivity index (χ2n) is 17.9. The molecular formula is C46H58ClN7O5. The van der Waals surface area contributed by atoms with Gasteiger partial charge in [-0.2, -0.15) is 0 Å². The van der Waals surface area contributed by atoms with Crippen LogP contribution in [0.1, 0.15) is 127 Å². The van der Waals surface area contributed by atoms with Crippen LogP contribution in [0.4, 0.5) is 11.4 Å². The number of aliphatic hydroxyl groups is 1. The predicted molar refractivity (Wildman–Crippen MR) is 229 cm³/mol. The molecule has 0 radical (unpaired) electrons. The van der Waals surface area contributed by atoms with Crippen LogP contribution in [0.2, 0.25) is 5.02 Å². The fourth-order valence-electron chi connectivity index (χ4n) is 10.5. The number of aromatic nitrogens is 4. The van der Waals surface area contributed by atoms with E-state index in [1.54, 1.807) is 6.07 Å². The van der Waals surface area contributed by atoms with E-state index in [4.69, 9.17) is 21.6 Å². The Morgan fingerprint density at radius 2 is 1.36 bits per heavy atom. The first-order valence-electron chi connectivity index (χ1n) is 21.6. The minimum Gasteiger partial charge on any atom is -0.481 e. The number of carboxylic acid groups (broad SMARTS) is 1. The lowest BCUT2D eigenvalue weighted by Crippen LogP contribution is -2.42. The molecule has 4 N–H and O–H groups in total. The number of carbonyl (C=O) groups excluding carboxylic acids is 2. The number of imidazole rings is 2. The summed E-state index contributed by atoms with van der Waals surface area (Å²) < 4.78 is 3.85. The predicted octanol–water partition coefficient (Wildman–Crippen LogP) is 8.11. The largest absolute Gasteiger partial charge is 0.481 e. The molecule has 3 heterocycles. The van der Waals surface area contributed by atoms with Crippen molar-refractivity contribution in [3.8, 4) is 11.1 Å². The first kappa shape index (κ1) is 41.2. The summed E-state index contributed by atoms with van der Waals surface area (Å²) in [5.74, 6) is 0.521. The Morgan fingerprint density at radius 1 is 0.763 bits per heavy atom. The smallest absolute Gasteiger partial charge is 0.309 e. The van der Waals surface area contributed by atoms with Crippen molar-refractivity contribution in [1.29, 1.82) is 0 Å². The average Bonchev–Trinajstić information content (AvgIpc) is 3.71. The maximum atomic E-state index is 13.9. The molecule has 1 atom stereocenters. The van der Waals surface area contributed by atoms with E-state index in [2.05, 4.69) is 15.5 Å². The summed E-state index contributed by atoms with van der Waals surface area (Å²) in [7, 11) is 3.82. The molecule has 0 saturated heterocycles. The maximum absolute atomic E-state index is 13.9. The van der Waals surface area contributed by atoms with E-state index in [1.807, 2.05) is 67.4 Å². The van der Waals surface area contributed by atoms with Gasteiger partial charge in [0.15, 0.2) is 11.6 Å². The highest BCUT2D eigenvalue weighted by Gasteiger charge is 2.40. The lowest BCUT2D eigenvalue weighted by Gasteiger charge is -2.38. The van der Waals surface area contributed by atoms with Gasteiger partial charge in [-0.15, -0.1) is 0 Å². The number of hydrogen-bond donors (Lipinski definition) is 4. The van der Waals surface area contributed by atoms with Crippen molar-refractivity contribution in [1.82, 2.24) is 24.0 Å². The molecule has 13 heteroatoms. The van der Waals surface area contributed by atoms with Crippen LogP contribution < -0.4 is 10.6 Å². The molecule has 3 aliphatic carbocycles. The number of halogens is 1. The van der Waals surface area contributed by atoms with E-state index in [0.29, 0.717) is 52.5 Å². The van der Waals surface area contributed by atoms with Crippen LogP contribution in [0.25, 0.3) is 11.1 Å². The third-order valence-corrected chi connectivity index (χ3v) is 14.8. The fourth-order valence-corrected chi connectivity index (χ4v) is 10.8. The van der Waals surface area contributed by atoms with Crippen molar-refractivity contribution in [3.05, 3.63) is 81.4 Å². The SMILES string of the molecule is Cc1c(NC(=O)c2nc3c(n2C)CCN(C2CCC(O)CC2)C3)cccc1-c1cccc(NC(=O)c2nc3c(n2C)CCC(C2CCC(C)(C(=O)O)CC2)CCC3)c1Cl. The molecule has 0 spiro atoms. The number of aliphatic hydroxyl groups excluding tert-OH is 1. The summed E-state index contributed by atoms with van der Waals surface area (Å²) in [6.07, 6.45) is 12.4. The molecule has 4 aliphatic rings. The van der Waals surface area contributed by atoms with Gasteiger partial charge in [-0.25, -0.2) is 9.97 Å². The zero-order valence-corrected chi connectivity index (χ0v) is 35.6. The number of benzene rings is 2. The number of carbonyl (C=O) groups is 3. The number of carboxylic acids is 1. The van der Waals surface area contributed by atoms with Crippen LogP contribution >= 0.6 is 11.6 Å². The molecule has 2 saturated carbocycles. The Kier molecular flexibility index (Phi) is 11.8. The van der Waals surface area contributed by atoms with Crippen LogP contribution in [0.5, 0.6) is 0 Å². The molecule has 1 aliphatic heterocycles. The summed E-state index contributed by atoms with van der Waals surface area (Å²) in [6, 6.07) is 11.7. The minimum absolute atomic E-state index is 0.192. The Hall–Kier alpha value is -4.52. The van der Waals surface area contributed by atoms with Crippen molar-refractivity contribution in [2.75, 3.05) is 17.2 Å². The molecule has 59 heavy (non-hydrogen) atoms. The van der Waals surface area contributed by atoms with Gasteiger partial charge in [0.2, 0.25) is 0 Å². The molecule has 2 amide bonds. The van der Waals surface area contributed by atoms with E-state index >= 15 is 0 Å². The van der Waals surface area contributed by atoms with Crippen LogP contribution in [-0.4, -0.2) is 70.7 Å². The van der Waals surface area contributed by atoms with Crippen molar-refractivity contribution < 1.29 is 24.6 Å². The molecule has 8 rings (SSSR count). The number of aliphatic carboxylic acids is 1. The van der Waals surface area contributed by atoms with Gasteiger partial charge in [-0.1, -0.05) is 35.9 Å². The second-order valence-corrected chi connectivity index (χ2v) is 18.3. The van der Waals surface area contributed by atoms with E-state index in [1.165, 1.54) is 0 Å². The quantitative estimate of drug-likeness (QED) is 0.139. The van der Waals surface area contributed by atoms with Crippen LogP contribution in [0.15, 0.2) is 36.4 Å². The lowest BCUT2D eigenvalue weighted by molar-refractivity contribution is -0.150. The van der Waals surface area contributed by atoms with Crippen molar-refractivity contribution in [2.45, 2.75) is 122 Å². The Morgan fingerprint density at radius 3 is 2.03 bits per heavy atom. The van der Waals surface area contributed by atoms with Crippen LogP contribution in [0, 0.1) is 24.2 Å². The maximum Gasteiger partial charge on any atom is 0.309 e. The van der Waals surface area contributed by atoms with Gasteiger partial charge < -0.3 is 30.0 Å². The van der Waals surface area contributed by atoms with Gasteiger partial charge in [0.05, 0.1) is 33.6 Å². The molecule has 1 unspecified atom stereocenters.